The molecule has 25 heavy (non-hydrogen) atoms. The van der Waals surface area contributed by atoms with Crippen molar-refractivity contribution in [3.8, 4) is 11.5 Å². The quantitative estimate of drug-likeness (QED) is 0.658. The van der Waals surface area contributed by atoms with Crippen LogP contribution in [0.4, 0.5) is 5.69 Å². The van der Waals surface area contributed by atoms with Gasteiger partial charge in [-0.3, -0.25) is 9.59 Å². The minimum absolute atomic E-state index is 0.0590. The minimum Gasteiger partial charge on any atom is -0.411 e. The first kappa shape index (κ1) is 16.7. The molecule has 0 spiro atoms. The van der Waals surface area contributed by atoms with Crippen LogP contribution in [0.5, 0.6) is 0 Å². The predicted octanol–water partition coefficient (Wildman–Crippen LogP) is 2.57. The van der Waals surface area contributed by atoms with Crippen LogP contribution < -0.4 is 11.1 Å². The maximum absolute atomic E-state index is 12.1. The number of primary amides is 1. The third-order valence-corrected chi connectivity index (χ3v) is 4.04. The van der Waals surface area contributed by atoms with Crippen molar-refractivity contribution in [2.45, 2.75) is 5.22 Å². The van der Waals surface area contributed by atoms with Crippen LogP contribution in [-0.4, -0.2) is 27.8 Å². The molecule has 126 valence electrons. The van der Waals surface area contributed by atoms with E-state index >= 15 is 0 Å². The molecule has 0 atom stereocenters. The van der Waals surface area contributed by atoms with Crippen LogP contribution in [0.1, 0.15) is 10.4 Å². The standard InChI is InChI=1S/C17H14N4O3S/c18-15(23)12-8-4-5-9-13(12)19-14(22)10-25-17-21-20-16(24-17)11-6-2-1-3-7-11/h1-9H,10H2,(H2,18,23)(H,19,22). The van der Waals surface area contributed by atoms with Gasteiger partial charge in [-0.25, -0.2) is 0 Å². The maximum Gasteiger partial charge on any atom is 0.277 e. The number of nitrogens with one attached hydrogen (secondary N) is 1. The molecule has 3 N–H and O–H groups in total. The molecular weight excluding hydrogens is 340 g/mol. The number of nitrogens with two attached hydrogens (primary N) is 1. The molecule has 0 bridgehead atoms. The zero-order chi connectivity index (χ0) is 17.6. The lowest BCUT2D eigenvalue weighted by Gasteiger charge is -2.07. The molecule has 1 aromatic heterocycles. The fourth-order valence-corrected chi connectivity index (χ4v) is 2.65. The molecule has 8 heteroatoms. The van der Waals surface area contributed by atoms with Crippen LogP contribution in [0.15, 0.2) is 64.2 Å². The number of aromatic nitrogens is 2. The Bertz CT molecular complexity index is 896. The number of thioether (sulfide) groups is 1. The molecule has 0 radical (unpaired) electrons. The van der Waals surface area contributed by atoms with Gasteiger partial charge < -0.3 is 15.5 Å². The predicted molar refractivity (Wildman–Crippen MR) is 94.0 cm³/mol. The van der Waals surface area contributed by atoms with Crippen molar-refractivity contribution >= 4 is 29.3 Å². The average Bonchev–Trinajstić information content (AvgIpc) is 3.10. The lowest BCUT2D eigenvalue weighted by Crippen LogP contribution is -2.19. The van der Waals surface area contributed by atoms with E-state index in [-0.39, 0.29) is 22.4 Å². The Balaban J connectivity index is 1.60. The number of carbonyl (C=O) groups excluding carboxylic acids is 2. The van der Waals surface area contributed by atoms with E-state index < -0.39 is 5.91 Å². The normalized spacial score (nSPS) is 10.4. The Kier molecular flexibility index (Phi) is 5.10. The van der Waals surface area contributed by atoms with E-state index in [9.17, 15) is 9.59 Å². The molecule has 7 nitrogen and oxygen atoms in total. The van der Waals surface area contributed by atoms with Crippen LogP contribution in [0.25, 0.3) is 11.5 Å². The summed E-state index contributed by atoms with van der Waals surface area (Å²) in [4.78, 5) is 23.4. The van der Waals surface area contributed by atoms with E-state index in [1.54, 1.807) is 24.3 Å². The van der Waals surface area contributed by atoms with Crippen molar-refractivity contribution in [1.29, 1.82) is 0 Å². The number of hydrogen-bond donors (Lipinski definition) is 2. The summed E-state index contributed by atoms with van der Waals surface area (Å²) in [5.74, 6) is -0.461. The van der Waals surface area contributed by atoms with E-state index in [0.29, 0.717) is 11.6 Å². The monoisotopic (exact) mass is 354 g/mol. The van der Waals surface area contributed by atoms with Gasteiger partial charge in [-0.2, -0.15) is 0 Å². The van der Waals surface area contributed by atoms with Gasteiger partial charge in [0.05, 0.1) is 17.0 Å². The molecule has 3 rings (SSSR count). The molecule has 0 aliphatic rings. The molecule has 0 fully saturated rings. The number of anilines is 1. The van der Waals surface area contributed by atoms with Gasteiger partial charge in [-0.15, -0.1) is 10.2 Å². The Morgan fingerprint density at radius 2 is 1.76 bits per heavy atom. The van der Waals surface area contributed by atoms with Crippen LogP contribution in [-0.2, 0) is 4.79 Å². The summed E-state index contributed by atoms with van der Waals surface area (Å²) in [7, 11) is 0. The number of amides is 2. The smallest absolute Gasteiger partial charge is 0.277 e. The van der Waals surface area contributed by atoms with Crippen LogP contribution in [0.2, 0.25) is 0 Å². The van der Waals surface area contributed by atoms with Gasteiger partial charge in [0.25, 0.3) is 11.1 Å². The van der Waals surface area contributed by atoms with Gasteiger partial charge in [0.2, 0.25) is 11.8 Å². The zero-order valence-electron chi connectivity index (χ0n) is 13.0. The summed E-state index contributed by atoms with van der Waals surface area (Å²) in [5, 5.41) is 10.8. The number of rotatable bonds is 6. The second-order valence-electron chi connectivity index (χ2n) is 4.99. The summed E-state index contributed by atoms with van der Waals surface area (Å²) in [6.45, 7) is 0. The summed E-state index contributed by atoms with van der Waals surface area (Å²) in [6.07, 6.45) is 0. The summed E-state index contributed by atoms with van der Waals surface area (Å²) < 4.78 is 5.52. The van der Waals surface area contributed by atoms with Crippen molar-refractivity contribution < 1.29 is 14.0 Å². The highest BCUT2D eigenvalue weighted by Crippen LogP contribution is 2.23. The summed E-state index contributed by atoms with van der Waals surface area (Å²) >= 11 is 1.11. The Morgan fingerprint density at radius 3 is 2.52 bits per heavy atom. The summed E-state index contributed by atoms with van der Waals surface area (Å²) in [5.41, 5.74) is 6.72. The molecule has 1 heterocycles. The molecular formula is C17H14N4O3S. The first-order chi connectivity index (χ1) is 12.1. The first-order valence-corrected chi connectivity index (χ1v) is 8.32. The molecule has 0 saturated carbocycles. The lowest BCUT2D eigenvalue weighted by molar-refractivity contribution is -0.113. The number of benzene rings is 2. The van der Waals surface area contributed by atoms with Crippen LogP contribution in [0.3, 0.4) is 0 Å². The molecule has 2 aromatic carbocycles. The highest BCUT2D eigenvalue weighted by atomic mass is 32.2. The van der Waals surface area contributed by atoms with Crippen LogP contribution in [0, 0.1) is 0 Å². The second kappa shape index (κ2) is 7.63. The Hall–Kier alpha value is -3.13. The third kappa shape index (κ3) is 4.24. The minimum atomic E-state index is -0.604. The third-order valence-electron chi connectivity index (χ3n) is 3.22. The lowest BCUT2D eigenvalue weighted by atomic mass is 10.1. The fraction of sp³-hybridized carbons (Fsp3) is 0.0588. The molecule has 0 unspecified atom stereocenters. The Labute approximate surface area is 147 Å². The average molecular weight is 354 g/mol. The fourth-order valence-electron chi connectivity index (χ4n) is 2.09. The van der Waals surface area contributed by atoms with Gasteiger partial charge >= 0.3 is 0 Å². The van der Waals surface area contributed by atoms with Crippen molar-refractivity contribution in [3.05, 3.63) is 60.2 Å². The topological polar surface area (TPSA) is 111 Å². The van der Waals surface area contributed by atoms with Gasteiger partial charge in [0.15, 0.2) is 0 Å². The van der Waals surface area contributed by atoms with Crippen molar-refractivity contribution in [2.75, 3.05) is 11.1 Å². The highest BCUT2D eigenvalue weighted by molar-refractivity contribution is 7.99. The zero-order valence-corrected chi connectivity index (χ0v) is 13.8. The molecule has 2 amide bonds. The first-order valence-electron chi connectivity index (χ1n) is 7.34. The summed E-state index contributed by atoms with van der Waals surface area (Å²) in [6, 6.07) is 15.9. The molecule has 0 aliphatic carbocycles. The van der Waals surface area contributed by atoms with Crippen molar-refractivity contribution in [3.63, 3.8) is 0 Å². The van der Waals surface area contributed by atoms with E-state index in [1.165, 1.54) is 0 Å². The Morgan fingerprint density at radius 1 is 1.04 bits per heavy atom. The van der Waals surface area contributed by atoms with Crippen molar-refractivity contribution in [1.82, 2.24) is 10.2 Å². The van der Waals surface area contributed by atoms with E-state index in [4.69, 9.17) is 10.2 Å². The van der Waals surface area contributed by atoms with Gasteiger partial charge in [0, 0.05) is 5.56 Å². The number of nitrogens with zero attached hydrogens (tertiary/aromatic N) is 2. The van der Waals surface area contributed by atoms with Gasteiger partial charge in [-0.05, 0) is 24.3 Å². The SMILES string of the molecule is NC(=O)c1ccccc1NC(=O)CSc1nnc(-c2ccccc2)o1. The van der Waals surface area contributed by atoms with Gasteiger partial charge in [-0.1, -0.05) is 42.1 Å². The number of hydrogen-bond acceptors (Lipinski definition) is 6. The highest BCUT2D eigenvalue weighted by Gasteiger charge is 2.13. The van der Waals surface area contributed by atoms with Crippen LogP contribution >= 0.6 is 11.8 Å². The van der Waals surface area contributed by atoms with E-state index in [0.717, 1.165) is 17.3 Å². The van der Waals surface area contributed by atoms with Crippen molar-refractivity contribution in [2.24, 2.45) is 5.73 Å². The van der Waals surface area contributed by atoms with E-state index in [1.807, 2.05) is 30.3 Å². The van der Waals surface area contributed by atoms with E-state index in [2.05, 4.69) is 15.5 Å². The molecule has 3 aromatic rings. The number of para-hydroxylation sites is 1. The maximum atomic E-state index is 12.1. The van der Waals surface area contributed by atoms with Gasteiger partial charge in [0.1, 0.15) is 0 Å². The molecule has 0 aliphatic heterocycles. The molecule has 0 saturated heterocycles. The number of carbonyl (C=O) groups is 2. The largest absolute Gasteiger partial charge is 0.411 e. The second-order valence-corrected chi connectivity index (χ2v) is 5.91.